The smallest absolute Gasteiger partial charge is 0.0589 e. The van der Waals surface area contributed by atoms with E-state index in [4.69, 9.17) is 10.5 Å². The number of rotatable bonds is 9. The van der Waals surface area contributed by atoms with Gasteiger partial charge in [0.2, 0.25) is 0 Å². The summed E-state index contributed by atoms with van der Waals surface area (Å²) in [5.74, 6) is 0.908. The Morgan fingerprint density at radius 3 is 2.53 bits per heavy atom. The fraction of sp³-hybridized carbons (Fsp3) is 1.00. The molecule has 0 radical (unpaired) electrons. The Balaban J connectivity index is 2.54. The lowest BCUT2D eigenvalue weighted by Gasteiger charge is -2.37. The average Bonchev–Trinajstić information content (AvgIpc) is 3.17. The topological polar surface area (TPSA) is 38.5 Å². The van der Waals surface area contributed by atoms with Crippen LogP contribution in [0.2, 0.25) is 0 Å². The van der Waals surface area contributed by atoms with Crippen molar-refractivity contribution in [1.29, 1.82) is 0 Å². The van der Waals surface area contributed by atoms with Crippen molar-refractivity contribution in [3.63, 3.8) is 0 Å². The van der Waals surface area contributed by atoms with Gasteiger partial charge in [-0.15, -0.1) is 0 Å². The molecule has 3 heteroatoms. The van der Waals surface area contributed by atoms with Crippen LogP contribution in [0.3, 0.4) is 0 Å². The van der Waals surface area contributed by atoms with Crippen molar-refractivity contribution in [2.75, 3.05) is 33.4 Å². The van der Waals surface area contributed by atoms with Crippen LogP contribution in [0.1, 0.15) is 40.0 Å². The van der Waals surface area contributed by atoms with Crippen molar-refractivity contribution < 1.29 is 4.74 Å². The molecule has 17 heavy (non-hydrogen) atoms. The van der Waals surface area contributed by atoms with Gasteiger partial charge in [0.15, 0.2) is 0 Å². The predicted octanol–water partition coefficient (Wildman–Crippen LogP) is 2.11. The molecule has 1 fully saturated rings. The molecule has 102 valence electrons. The maximum atomic E-state index is 5.93. The summed E-state index contributed by atoms with van der Waals surface area (Å²) in [5.41, 5.74) is 6.18. The first kappa shape index (κ1) is 14.9. The van der Waals surface area contributed by atoms with Gasteiger partial charge in [-0.25, -0.2) is 0 Å². The Morgan fingerprint density at radius 2 is 2.12 bits per heavy atom. The molecule has 1 rings (SSSR count). The predicted molar refractivity (Wildman–Crippen MR) is 73.1 cm³/mol. The van der Waals surface area contributed by atoms with Crippen molar-refractivity contribution >= 4 is 0 Å². The molecule has 1 saturated carbocycles. The molecule has 2 unspecified atom stereocenters. The highest BCUT2D eigenvalue weighted by atomic mass is 16.5. The zero-order valence-corrected chi connectivity index (χ0v) is 12.0. The normalized spacial score (nSPS) is 21.5. The molecular formula is C14H30N2O. The Bertz CT molecular complexity index is 212. The zero-order chi connectivity index (χ0) is 12.9. The lowest BCUT2D eigenvalue weighted by molar-refractivity contribution is 0.0786. The van der Waals surface area contributed by atoms with E-state index in [2.05, 4.69) is 25.7 Å². The van der Waals surface area contributed by atoms with E-state index in [1.165, 1.54) is 12.8 Å². The van der Waals surface area contributed by atoms with Gasteiger partial charge in [0.1, 0.15) is 0 Å². The third-order valence-corrected chi connectivity index (χ3v) is 4.39. The summed E-state index contributed by atoms with van der Waals surface area (Å²) in [7, 11) is 1.78. The van der Waals surface area contributed by atoms with Gasteiger partial charge < -0.3 is 10.5 Å². The molecule has 1 aliphatic rings. The molecule has 0 bridgehead atoms. The standard InChI is InChI=1S/C14H30N2O/c1-5-14(3,10-15)11-16(8-9-17-4)12(2)13-6-7-13/h12-13H,5-11,15H2,1-4H3. The van der Waals surface area contributed by atoms with Crippen molar-refractivity contribution in [3.8, 4) is 0 Å². The summed E-state index contributed by atoms with van der Waals surface area (Å²) in [4.78, 5) is 2.58. The summed E-state index contributed by atoms with van der Waals surface area (Å²) < 4.78 is 5.23. The van der Waals surface area contributed by atoms with Crippen LogP contribution >= 0.6 is 0 Å². The highest BCUT2D eigenvalue weighted by Crippen LogP contribution is 2.36. The number of ether oxygens (including phenoxy) is 1. The molecule has 1 aliphatic carbocycles. The Labute approximate surface area is 107 Å². The first-order valence-electron chi connectivity index (χ1n) is 6.99. The first-order chi connectivity index (χ1) is 8.06. The highest BCUT2D eigenvalue weighted by Gasteiger charge is 2.34. The van der Waals surface area contributed by atoms with Gasteiger partial charge in [0.25, 0.3) is 0 Å². The van der Waals surface area contributed by atoms with Crippen LogP contribution < -0.4 is 5.73 Å². The highest BCUT2D eigenvalue weighted by molar-refractivity contribution is 4.88. The van der Waals surface area contributed by atoms with E-state index >= 15 is 0 Å². The summed E-state index contributed by atoms with van der Waals surface area (Å²) in [6.45, 7) is 10.6. The third kappa shape index (κ3) is 4.57. The van der Waals surface area contributed by atoms with Gasteiger partial charge in [-0.1, -0.05) is 13.8 Å². The zero-order valence-electron chi connectivity index (χ0n) is 12.0. The second kappa shape index (κ2) is 6.72. The fourth-order valence-corrected chi connectivity index (χ4v) is 2.32. The Morgan fingerprint density at radius 1 is 1.47 bits per heavy atom. The number of nitrogens with zero attached hydrogens (tertiary/aromatic N) is 1. The van der Waals surface area contributed by atoms with E-state index in [9.17, 15) is 0 Å². The first-order valence-corrected chi connectivity index (χ1v) is 6.99. The number of hydrogen-bond donors (Lipinski definition) is 1. The fourth-order valence-electron chi connectivity index (χ4n) is 2.32. The molecule has 0 aromatic heterocycles. The molecule has 0 spiro atoms. The summed E-state index contributed by atoms with van der Waals surface area (Å²) in [6.07, 6.45) is 3.94. The van der Waals surface area contributed by atoms with Crippen molar-refractivity contribution in [3.05, 3.63) is 0 Å². The molecule has 0 amide bonds. The van der Waals surface area contributed by atoms with E-state index in [0.29, 0.717) is 6.04 Å². The van der Waals surface area contributed by atoms with Crippen LogP contribution in [0.25, 0.3) is 0 Å². The lowest BCUT2D eigenvalue weighted by Crippen LogP contribution is -2.46. The molecule has 0 aliphatic heterocycles. The maximum absolute atomic E-state index is 5.93. The minimum Gasteiger partial charge on any atom is -0.383 e. The van der Waals surface area contributed by atoms with Gasteiger partial charge in [0, 0.05) is 26.2 Å². The lowest BCUT2D eigenvalue weighted by atomic mass is 9.86. The molecule has 2 atom stereocenters. The van der Waals surface area contributed by atoms with Crippen LogP contribution in [0.4, 0.5) is 0 Å². The number of hydrogen-bond acceptors (Lipinski definition) is 3. The van der Waals surface area contributed by atoms with Gasteiger partial charge in [-0.05, 0) is 44.1 Å². The summed E-state index contributed by atoms with van der Waals surface area (Å²) in [6, 6.07) is 0.683. The van der Waals surface area contributed by atoms with E-state index in [1.807, 2.05) is 0 Å². The van der Waals surface area contributed by atoms with E-state index in [1.54, 1.807) is 7.11 Å². The van der Waals surface area contributed by atoms with Crippen molar-refractivity contribution in [1.82, 2.24) is 4.90 Å². The number of nitrogens with two attached hydrogens (primary N) is 1. The quantitative estimate of drug-likeness (QED) is 0.673. The van der Waals surface area contributed by atoms with Crippen molar-refractivity contribution in [2.45, 2.75) is 46.1 Å². The van der Waals surface area contributed by atoms with E-state index < -0.39 is 0 Å². The van der Waals surface area contributed by atoms with Crippen LogP contribution in [-0.4, -0.2) is 44.3 Å². The molecule has 0 aromatic rings. The molecule has 3 nitrogen and oxygen atoms in total. The minimum absolute atomic E-state index is 0.247. The second-order valence-corrected chi connectivity index (χ2v) is 5.91. The summed E-state index contributed by atoms with van der Waals surface area (Å²) in [5, 5.41) is 0. The van der Waals surface area contributed by atoms with Gasteiger partial charge >= 0.3 is 0 Å². The molecule has 0 heterocycles. The molecule has 2 N–H and O–H groups in total. The largest absolute Gasteiger partial charge is 0.383 e. The minimum atomic E-state index is 0.247. The van der Waals surface area contributed by atoms with E-state index in [-0.39, 0.29) is 5.41 Å². The second-order valence-electron chi connectivity index (χ2n) is 5.91. The monoisotopic (exact) mass is 242 g/mol. The Kier molecular flexibility index (Phi) is 5.90. The van der Waals surface area contributed by atoms with E-state index in [0.717, 1.165) is 38.6 Å². The average molecular weight is 242 g/mol. The molecular weight excluding hydrogens is 212 g/mol. The van der Waals surface area contributed by atoms with Crippen LogP contribution in [0.15, 0.2) is 0 Å². The number of methoxy groups -OCH3 is 1. The van der Waals surface area contributed by atoms with Crippen LogP contribution in [0, 0.1) is 11.3 Å². The van der Waals surface area contributed by atoms with Gasteiger partial charge in [-0.3, -0.25) is 4.90 Å². The molecule has 0 saturated heterocycles. The van der Waals surface area contributed by atoms with Crippen LogP contribution in [0.5, 0.6) is 0 Å². The summed E-state index contributed by atoms with van der Waals surface area (Å²) >= 11 is 0. The molecule has 0 aromatic carbocycles. The van der Waals surface area contributed by atoms with Crippen molar-refractivity contribution in [2.24, 2.45) is 17.1 Å². The maximum Gasteiger partial charge on any atom is 0.0589 e. The van der Waals surface area contributed by atoms with Crippen LogP contribution in [-0.2, 0) is 4.74 Å². The van der Waals surface area contributed by atoms with Gasteiger partial charge in [-0.2, -0.15) is 0 Å². The third-order valence-electron chi connectivity index (χ3n) is 4.39. The van der Waals surface area contributed by atoms with Gasteiger partial charge in [0.05, 0.1) is 6.61 Å². The Hall–Kier alpha value is -0.120. The SMILES string of the molecule is CCC(C)(CN)CN(CCOC)C(C)C1CC1.